The first-order chi connectivity index (χ1) is 9.69. The number of nitrogens with zero attached hydrogens (tertiary/aromatic N) is 2. The average Bonchev–Trinajstić information content (AvgIpc) is 2.96. The maximum Gasteiger partial charge on any atom is 0.142 e. The zero-order valence-corrected chi connectivity index (χ0v) is 12.7. The van der Waals surface area contributed by atoms with Crippen LogP contribution in [0.5, 0.6) is 0 Å². The van der Waals surface area contributed by atoms with E-state index in [1.54, 1.807) is 11.3 Å². The van der Waals surface area contributed by atoms with Crippen molar-refractivity contribution in [1.29, 1.82) is 0 Å². The van der Waals surface area contributed by atoms with Crippen molar-refractivity contribution in [3.63, 3.8) is 0 Å². The molecule has 0 radical (unpaired) electrons. The lowest BCUT2D eigenvalue weighted by Gasteiger charge is -2.06. The van der Waals surface area contributed by atoms with Gasteiger partial charge in [0.1, 0.15) is 5.01 Å². The third-order valence-corrected chi connectivity index (χ3v) is 4.42. The zero-order chi connectivity index (χ0) is 14.1. The van der Waals surface area contributed by atoms with Crippen molar-refractivity contribution in [3.8, 4) is 10.7 Å². The summed E-state index contributed by atoms with van der Waals surface area (Å²) in [6.45, 7) is 4.23. The van der Waals surface area contributed by atoms with Crippen molar-refractivity contribution >= 4 is 22.2 Å². The van der Waals surface area contributed by atoms with E-state index in [4.69, 9.17) is 9.97 Å². The van der Waals surface area contributed by atoms with Crippen molar-refractivity contribution in [1.82, 2.24) is 15.3 Å². The van der Waals surface area contributed by atoms with Gasteiger partial charge in [-0.2, -0.15) is 0 Å². The SMILES string of the molecule is CNC(C)c1csc(-c2cc(C)c3ccccc3n2)n1. The first-order valence-corrected chi connectivity index (χ1v) is 7.56. The Labute approximate surface area is 122 Å². The van der Waals surface area contributed by atoms with Crippen molar-refractivity contribution in [2.45, 2.75) is 19.9 Å². The molecule has 2 aromatic heterocycles. The van der Waals surface area contributed by atoms with Crippen LogP contribution < -0.4 is 5.32 Å². The molecule has 4 heteroatoms. The Bertz CT molecular complexity index is 748. The molecule has 3 aromatic rings. The Hall–Kier alpha value is -1.78. The molecule has 2 heterocycles. The summed E-state index contributed by atoms with van der Waals surface area (Å²) < 4.78 is 0. The number of benzene rings is 1. The first-order valence-electron chi connectivity index (χ1n) is 6.68. The van der Waals surface area contributed by atoms with Crippen LogP contribution in [0.3, 0.4) is 0 Å². The molecular weight excluding hydrogens is 266 g/mol. The van der Waals surface area contributed by atoms with Gasteiger partial charge in [0.2, 0.25) is 0 Å². The van der Waals surface area contributed by atoms with Crippen molar-refractivity contribution in [2.75, 3.05) is 7.05 Å². The number of pyridine rings is 1. The number of aryl methyl sites for hydroxylation is 1. The van der Waals surface area contributed by atoms with Crippen LogP contribution in [-0.2, 0) is 0 Å². The molecule has 0 saturated heterocycles. The summed E-state index contributed by atoms with van der Waals surface area (Å²) in [4.78, 5) is 9.42. The van der Waals surface area contributed by atoms with Gasteiger partial charge in [-0.15, -0.1) is 11.3 Å². The van der Waals surface area contributed by atoms with Gasteiger partial charge in [0.05, 0.1) is 16.9 Å². The van der Waals surface area contributed by atoms with E-state index in [0.717, 1.165) is 21.9 Å². The third-order valence-electron chi connectivity index (χ3n) is 3.54. The van der Waals surface area contributed by atoms with E-state index in [1.165, 1.54) is 10.9 Å². The molecule has 0 fully saturated rings. The fraction of sp³-hybridized carbons (Fsp3) is 0.250. The fourth-order valence-corrected chi connectivity index (χ4v) is 3.08. The topological polar surface area (TPSA) is 37.8 Å². The van der Waals surface area contributed by atoms with Gasteiger partial charge in [-0.1, -0.05) is 18.2 Å². The van der Waals surface area contributed by atoms with Gasteiger partial charge in [-0.3, -0.25) is 0 Å². The number of para-hydroxylation sites is 1. The molecule has 1 atom stereocenters. The minimum atomic E-state index is 0.265. The predicted octanol–water partition coefficient (Wildman–Crippen LogP) is 3.95. The Morgan fingerprint density at radius 2 is 2.00 bits per heavy atom. The van der Waals surface area contributed by atoms with Crippen molar-refractivity contribution in [2.24, 2.45) is 0 Å². The Morgan fingerprint density at radius 1 is 1.20 bits per heavy atom. The average molecular weight is 283 g/mol. The number of fused-ring (bicyclic) bond motifs is 1. The first kappa shape index (κ1) is 13.2. The summed E-state index contributed by atoms with van der Waals surface area (Å²) in [6.07, 6.45) is 0. The second kappa shape index (κ2) is 5.31. The maximum absolute atomic E-state index is 4.73. The number of hydrogen-bond donors (Lipinski definition) is 1. The van der Waals surface area contributed by atoms with Gasteiger partial charge in [0.25, 0.3) is 0 Å². The number of nitrogens with one attached hydrogen (secondary N) is 1. The molecule has 1 unspecified atom stereocenters. The van der Waals surface area contributed by atoms with E-state index in [1.807, 2.05) is 19.2 Å². The summed E-state index contributed by atoms with van der Waals surface area (Å²) in [6, 6.07) is 10.6. The van der Waals surface area contributed by atoms with Crippen LogP contribution in [0, 0.1) is 6.92 Å². The molecular formula is C16H17N3S. The summed E-state index contributed by atoms with van der Waals surface area (Å²) >= 11 is 1.65. The van der Waals surface area contributed by atoms with E-state index in [-0.39, 0.29) is 6.04 Å². The summed E-state index contributed by atoms with van der Waals surface area (Å²) in [7, 11) is 1.95. The van der Waals surface area contributed by atoms with Crippen molar-refractivity contribution in [3.05, 3.63) is 47.0 Å². The predicted molar refractivity (Wildman–Crippen MR) is 85.1 cm³/mol. The van der Waals surface area contributed by atoms with Gasteiger partial charge in [-0.05, 0) is 38.6 Å². The molecule has 0 aliphatic rings. The van der Waals surface area contributed by atoms with Gasteiger partial charge < -0.3 is 5.32 Å². The maximum atomic E-state index is 4.73. The minimum Gasteiger partial charge on any atom is -0.312 e. The van der Waals surface area contributed by atoms with E-state index < -0.39 is 0 Å². The molecule has 0 aliphatic carbocycles. The van der Waals surface area contributed by atoms with Crippen LogP contribution in [0.25, 0.3) is 21.6 Å². The molecule has 0 aliphatic heterocycles. The lowest BCUT2D eigenvalue weighted by atomic mass is 10.1. The Morgan fingerprint density at radius 3 is 2.80 bits per heavy atom. The molecule has 0 spiro atoms. The van der Waals surface area contributed by atoms with Crippen LogP contribution >= 0.6 is 11.3 Å². The number of hydrogen-bond acceptors (Lipinski definition) is 4. The smallest absolute Gasteiger partial charge is 0.142 e. The standard InChI is InChI=1S/C16H17N3S/c1-10-8-14(18-13-7-5-4-6-12(10)13)16-19-15(9-20-16)11(2)17-3/h4-9,11,17H,1-3H3. The number of thiazole rings is 1. The quantitative estimate of drug-likeness (QED) is 0.791. The van der Waals surface area contributed by atoms with Gasteiger partial charge in [0.15, 0.2) is 0 Å². The van der Waals surface area contributed by atoms with Gasteiger partial charge in [0, 0.05) is 16.8 Å². The van der Waals surface area contributed by atoms with Gasteiger partial charge in [-0.25, -0.2) is 9.97 Å². The van der Waals surface area contributed by atoms with E-state index in [2.05, 4.69) is 42.7 Å². The van der Waals surface area contributed by atoms with E-state index in [0.29, 0.717) is 0 Å². The van der Waals surface area contributed by atoms with Crippen LogP contribution in [-0.4, -0.2) is 17.0 Å². The van der Waals surface area contributed by atoms with Gasteiger partial charge >= 0.3 is 0 Å². The van der Waals surface area contributed by atoms with Crippen LogP contribution in [0.1, 0.15) is 24.2 Å². The molecule has 1 aromatic carbocycles. The molecule has 102 valence electrons. The Kier molecular flexibility index (Phi) is 3.51. The highest BCUT2D eigenvalue weighted by Gasteiger charge is 2.11. The molecule has 0 amide bonds. The summed E-state index contributed by atoms with van der Waals surface area (Å²) in [5.74, 6) is 0. The Balaban J connectivity index is 2.08. The number of aromatic nitrogens is 2. The highest BCUT2D eigenvalue weighted by atomic mass is 32.1. The third kappa shape index (κ3) is 2.32. The molecule has 20 heavy (non-hydrogen) atoms. The lowest BCUT2D eigenvalue weighted by Crippen LogP contribution is -2.12. The van der Waals surface area contributed by atoms with Crippen LogP contribution in [0.4, 0.5) is 0 Å². The molecule has 0 bridgehead atoms. The lowest BCUT2D eigenvalue weighted by molar-refractivity contribution is 0.637. The normalized spacial score (nSPS) is 12.8. The van der Waals surface area contributed by atoms with E-state index in [9.17, 15) is 0 Å². The monoisotopic (exact) mass is 283 g/mol. The highest BCUT2D eigenvalue weighted by molar-refractivity contribution is 7.13. The summed E-state index contributed by atoms with van der Waals surface area (Å²) in [5, 5.41) is 7.50. The second-order valence-corrected chi connectivity index (χ2v) is 5.79. The number of rotatable bonds is 3. The minimum absolute atomic E-state index is 0.265. The molecule has 0 saturated carbocycles. The molecule has 3 rings (SSSR count). The largest absolute Gasteiger partial charge is 0.312 e. The van der Waals surface area contributed by atoms with E-state index >= 15 is 0 Å². The van der Waals surface area contributed by atoms with Crippen LogP contribution in [0.15, 0.2) is 35.7 Å². The molecule has 3 nitrogen and oxygen atoms in total. The zero-order valence-electron chi connectivity index (χ0n) is 11.8. The van der Waals surface area contributed by atoms with Crippen LogP contribution in [0.2, 0.25) is 0 Å². The fourth-order valence-electron chi connectivity index (χ4n) is 2.21. The molecule has 1 N–H and O–H groups in total. The highest BCUT2D eigenvalue weighted by Crippen LogP contribution is 2.28. The second-order valence-electron chi connectivity index (χ2n) is 4.93. The summed E-state index contributed by atoms with van der Waals surface area (Å²) in [5.41, 5.74) is 4.30. The van der Waals surface area contributed by atoms with Crippen molar-refractivity contribution < 1.29 is 0 Å².